The van der Waals surface area contributed by atoms with Crippen molar-refractivity contribution in [3.63, 3.8) is 0 Å². The van der Waals surface area contributed by atoms with Gasteiger partial charge in [-0.15, -0.1) is 6.42 Å². The van der Waals surface area contributed by atoms with Crippen molar-refractivity contribution in [1.82, 2.24) is 5.32 Å². The Balaban J connectivity index is 3.34. The number of terminal acetylenes is 1. The van der Waals surface area contributed by atoms with Gasteiger partial charge in [-0.2, -0.15) is 0 Å². The zero-order valence-corrected chi connectivity index (χ0v) is 7.72. The first kappa shape index (κ1) is 12.3. The Labute approximate surface area is 77.7 Å². The normalized spacial score (nSPS) is 12.8. The highest BCUT2D eigenvalue weighted by Crippen LogP contribution is 1.95. The average Bonchev–Trinajstić information content (AvgIpc) is 2.10. The Morgan fingerprint density at radius 1 is 1.54 bits per heavy atom. The summed E-state index contributed by atoms with van der Waals surface area (Å²) in [5.41, 5.74) is 0. The fourth-order valence-electron chi connectivity index (χ4n) is 0.864. The standard InChI is InChI=1S/C9H15F2NO/c1-3-8(12-4-2)5-6-13-7-9(10)11/h1,8-9,12H,4-7H2,2H3. The summed E-state index contributed by atoms with van der Waals surface area (Å²) in [5, 5.41) is 3.02. The van der Waals surface area contributed by atoms with E-state index < -0.39 is 13.0 Å². The number of alkyl halides is 2. The van der Waals surface area contributed by atoms with Crippen LogP contribution >= 0.6 is 0 Å². The summed E-state index contributed by atoms with van der Waals surface area (Å²) in [6, 6.07) is -0.0809. The molecule has 76 valence electrons. The lowest BCUT2D eigenvalue weighted by Crippen LogP contribution is -2.28. The topological polar surface area (TPSA) is 21.3 Å². The number of hydrogen-bond donors (Lipinski definition) is 1. The summed E-state index contributed by atoms with van der Waals surface area (Å²) in [7, 11) is 0. The van der Waals surface area contributed by atoms with Crippen LogP contribution in [0.25, 0.3) is 0 Å². The van der Waals surface area contributed by atoms with Gasteiger partial charge in [-0.3, -0.25) is 0 Å². The molecule has 13 heavy (non-hydrogen) atoms. The van der Waals surface area contributed by atoms with Gasteiger partial charge in [0.25, 0.3) is 6.43 Å². The first-order valence-corrected chi connectivity index (χ1v) is 4.26. The van der Waals surface area contributed by atoms with Gasteiger partial charge in [-0.1, -0.05) is 12.8 Å². The molecule has 0 aromatic heterocycles. The molecular formula is C9H15F2NO. The van der Waals surface area contributed by atoms with Crippen molar-refractivity contribution in [2.75, 3.05) is 19.8 Å². The fraction of sp³-hybridized carbons (Fsp3) is 0.778. The second-order valence-corrected chi connectivity index (χ2v) is 2.53. The van der Waals surface area contributed by atoms with Crippen LogP contribution in [-0.2, 0) is 4.74 Å². The summed E-state index contributed by atoms with van der Waals surface area (Å²) >= 11 is 0. The maximum absolute atomic E-state index is 11.6. The highest BCUT2D eigenvalue weighted by molar-refractivity contribution is 4.98. The van der Waals surface area contributed by atoms with Crippen LogP contribution in [0.3, 0.4) is 0 Å². The van der Waals surface area contributed by atoms with E-state index in [0.717, 1.165) is 6.54 Å². The largest absolute Gasteiger partial charge is 0.375 e. The maximum atomic E-state index is 11.6. The van der Waals surface area contributed by atoms with Crippen LogP contribution in [0.5, 0.6) is 0 Å². The van der Waals surface area contributed by atoms with E-state index in [-0.39, 0.29) is 12.6 Å². The predicted octanol–water partition coefficient (Wildman–Crippen LogP) is 1.27. The minimum absolute atomic E-state index is 0.0809. The van der Waals surface area contributed by atoms with E-state index in [1.165, 1.54) is 0 Å². The number of hydrogen-bond acceptors (Lipinski definition) is 2. The van der Waals surface area contributed by atoms with E-state index in [4.69, 9.17) is 6.42 Å². The van der Waals surface area contributed by atoms with Gasteiger partial charge in [-0.05, 0) is 13.0 Å². The Kier molecular flexibility index (Phi) is 7.56. The van der Waals surface area contributed by atoms with E-state index >= 15 is 0 Å². The molecule has 0 aromatic carbocycles. The third kappa shape index (κ3) is 7.69. The fourth-order valence-corrected chi connectivity index (χ4v) is 0.864. The molecule has 0 fully saturated rings. The highest BCUT2D eigenvalue weighted by atomic mass is 19.3. The van der Waals surface area contributed by atoms with Crippen molar-refractivity contribution in [2.45, 2.75) is 25.8 Å². The Hall–Kier alpha value is -0.660. The first-order chi connectivity index (χ1) is 6.20. The van der Waals surface area contributed by atoms with Crippen molar-refractivity contribution >= 4 is 0 Å². The molecule has 1 unspecified atom stereocenters. The van der Waals surface area contributed by atoms with Crippen molar-refractivity contribution in [1.29, 1.82) is 0 Å². The molecular weight excluding hydrogens is 176 g/mol. The van der Waals surface area contributed by atoms with Crippen LogP contribution in [0.4, 0.5) is 8.78 Å². The van der Waals surface area contributed by atoms with Crippen molar-refractivity contribution < 1.29 is 13.5 Å². The maximum Gasteiger partial charge on any atom is 0.261 e. The molecule has 2 nitrogen and oxygen atoms in total. The van der Waals surface area contributed by atoms with Crippen molar-refractivity contribution in [3.8, 4) is 12.3 Å². The van der Waals surface area contributed by atoms with Gasteiger partial charge in [0.15, 0.2) is 0 Å². The summed E-state index contributed by atoms with van der Waals surface area (Å²) in [5.74, 6) is 2.51. The number of nitrogens with one attached hydrogen (secondary N) is 1. The summed E-state index contributed by atoms with van der Waals surface area (Å²) in [6.45, 7) is 2.46. The predicted molar refractivity (Wildman–Crippen MR) is 47.7 cm³/mol. The molecule has 1 N–H and O–H groups in total. The second kappa shape index (κ2) is 7.96. The quantitative estimate of drug-likeness (QED) is 0.483. The molecule has 0 aliphatic carbocycles. The third-order valence-corrected chi connectivity index (χ3v) is 1.45. The summed E-state index contributed by atoms with van der Waals surface area (Å²) in [4.78, 5) is 0. The zero-order valence-electron chi connectivity index (χ0n) is 7.72. The van der Waals surface area contributed by atoms with Crippen LogP contribution < -0.4 is 5.32 Å². The molecule has 0 saturated carbocycles. The van der Waals surface area contributed by atoms with Crippen LogP contribution in [0.2, 0.25) is 0 Å². The van der Waals surface area contributed by atoms with Gasteiger partial charge in [0, 0.05) is 6.61 Å². The van der Waals surface area contributed by atoms with Gasteiger partial charge < -0.3 is 10.1 Å². The molecule has 0 saturated heterocycles. The van der Waals surface area contributed by atoms with Crippen LogP contribution in [0.1, 0.15) is 13.3 Å². The monoisotopic (exact) mass is 191 g/mol. The Morgan fingerprint density at radius 2 is 2.23 bits per heavy atom. The third-order valence-electron chi connectivity index (χ3n) is 1.45. The minimum Gasteiger partial charge on any atom is -0.375 e. The Bertz CT molecular complexity index is 156. The molecule has 0 spiro atoms. The highest BCUT2D eigenvalue weighted by Gasteiger charge is 2.04. The minimum atomic E-state index is -2.40. The van der Waals surface area contributed by atoms with E-state index in [0.29, 0.717) is 6.42 Å². The lowest BCUT2D eigenvalue weighted by Gasteiger charge is -2.10. The van der Waals surface area contributed by atoms with Crippen molar-refractivity contribution in [3.05, 3.63) is 0 Å². The first-order valence-electron chi connectivity index (χ1n) is 4.26. The van der Waals surface area contributed by atoms with Gasteiger partial charge >= 0.3 is 0 Å². The molecule has 0 heterocycles. The molecule has 0 aliphatic heterocycles. The van der Waals surface area contributed by atoms with Gasteiger partial charge in [0.05, 0.1) is 6.04 Å². The number of ether oxygens (including phenoxy) is 1. The van der Waals surface area contributed by atoms with Gasteiger partial charge in [0.1, 0.15) is 6.61 Å². The SMILES string of the molecule is C#CC(CCOCC(F)F)NCC. The number of rotatable bonds is 7. The molecule has 0 rings (SSSR count). The summed E-state index contributed by atoms with van der Waals surface area (Å²) < 4.78 is 27.9. The van der Waals surface area contributed by atoms with Crippen LogP contribution in [-0.4, -0.2) is 32.2 Å². The van der Waals surface area contributed by atoms with E-state index in [9.17, 15) is 8.78 Å². The molecule has 0 radical (unpaired) electrons. The van der Waals surface area contributed by atoms with Gasteiger partial charge in [0.2, 0.25) is 0 Å². The molecule has 0 amide bonds. The molecule has 1 atom stereocenters. The number of halogens is 2. The smallest absolute Gasteiger partial charge is 0.261 e. The van der Waals surface area contributed by atoms with E-state index in [1.54, 1.807) is 0 Å². The Morgan fingerprint density at radius 3 is 2.69 bits per heavy atom. The lowest BCUT2D eigenvalue weighted by atomic mass is 10.2. The van der Waals surface area contributed by atoms with Gasteiger partial charge in [-0.25, -0.2) is 8.78 Å². The molecule has 0 aliphatic rings. The zero-order chi connectivity index (χ0) is 10.1. The average molecular weight is 191 g/mol. The molecule has 0 bridgehead atoms. The summed E-state index contributed by atoms with van der Waals surface area (Å²) in [6.07, 6.45) is 3.35. The van der Waals surface area contributed by atoms with E-state index in [1.807, 2.05) is 6.92 Å². The van der Waals surface area contributed by atoms with Crippen molar-refractivity contribution in [2.24, 2.45) is 0 Å². The lowest BCUT2D eigenvalue weighted by molar-refractivity contribution is 0.0156. The molecule has 4 heteroatoms. The molecule has 0 aromatic rings. The second-order valence-electron chi connectivity index (χ2n) is 2.53. The van der Waals surface area contributed by atoms with Crippen LogP contribution in [0.15, 0.2) is 0 Å². The van der Waals surface area contributed by atoms with E-state index in [2.05, 4.69) is 16.0 Å². The van der Waals surface area contributed by atoms with Crippen LogP contribution in [0, 0.1) is 12.3 Å².